The van der Waals surface area contributed by atoms with Gasteiger partial charge in [-0.2, -0.15) is 0 Å². The van der Waals surface area contributed by atoms with Gasteiger partial charge in [0.05, 0.1) is 11.0 Å². The molecule has 10 aromatic carbocycles. The number of nitrogens with zero attached hydrogens (tertiary/aromatic N) is 2. The Bertz CT molecular complexity index is 3820. The van der Waals surface area contributed by atoms with E-state index in [-0.39, 0.29) is 5.41 Å². The van der Waals surface area contributed by atoms with Crippen molar-refractivity contribution < 1.29 is 0 Å². The number of benzene rings is 10. The van der Waals surface area contributed by atoms with Gasteiger partial charge in [-0.25, -0.2) is 0 Å². The summed E-state index contributed by atoms with van der Waals surface area (Å²) in [5.74, 6) is 0. The van der Waals surface area contributed by atoms with E-state index in [1.54, 1.807) is 0 Å². The molecule has 0 spiro atoms. The van der Waals surface area contributed by atoms with Gasteiger partial charge in [-0.1, -0.05) is 153 Å². The summed E-state index contributed by atoms with van der Waals surface area (Å²) in [5.41, 5.74) is 19.5. The quantitative estimate of drug-likeness (QED) is 0.155. The summed E-state index contributed by atoms with van der Waals surface area (Å²) in [6.07, 6.45) is 0. The SMILES string of the molecule is CC1(C)c2ccccc2-c2cc3c4cc(-c5ccc(N(c6ccc(-c7ccc8sc9ccccc9c8c7)cc6)c6cccc(-c7ccccc7)c6)cc5)ccc4n(-c4ccccc4)c3cc21. The molecule has 0 unspecified atom stereocenters. The highest BCUT2D eigenvalue weighted by molar-refractivity contribution is 7.25. The Kier molecular flexibility index (Phi) is 8.78. The van der Waals surface area contributed by atoms with Gasteiger partial charge in [0.2, 0.25) is 0 Å². The number of thiophene rings is 1. The number of hydrogen-bond donors (Lipinski definition) is 0. The average Bonchev–Trinajstić information content (AvgIpc) is 3.99. The number of rotatable bonds is 7. The van der Waals surface area contributed by atoms with Gasteiger partial charge in [-0.05, 0) is 147 Å². The molecule has 13 rings (SSSR count). The van der Waals surface area contributed by atoms with Crippen molar-refractivity contribution in [1.29, 1.82) is 0 Å². The van der Waals surface area contributed by atoms with Crippen LogP contribution in [0.3, 0.4) is 0 Å². The van der Waals surface area contributed by atoms with Gasteiger partial charge in [0.1, 0.15) is 0 Å². The molecule has 0 bridgehead atoms. The van der Waals surface area contributed by atoms with Gasteiger partial charge in [-0.3, -0.25) is 0 Å². The summed E-state index contributed by atoms with van der Waals surface area (Å²) in [4.78, 5) is 2.38. The van der Waals surface area contributed by atoms with Crippen LogP contribution in [-0.4, -0.2) is 4.57 Å². The van der Waals surface area contributed by atoms with E-state index >= 15 is 0 Å². The Morgan fingerprint density at radius 1 is 0.348 bits per heavy atom. The maximum absolute atomic E-state index is 2.46. The first kappa shape index (κ1) is 38.5. The van der Waals surface area contributed by atoms with E-state index in [4.69, 9.17) is 0 Å². The zero-order valence-electron chi connectivity index (χ0n) is 36.7. The van der Waals surface area contributed by atoms with Crippen molar-refractivity contribution in [3.05, 3.63) is 242 Å². The largest absolute Gasteiger partial charge is 0.310 e. The third kappa shape index (κ3) is 6.15. The first-order valence-corrected chi connectivity index (χ1v) is 23.6. The Hall–Kier alpha value is -7.98. The summed E-state index contributed by atoms with van der Waals surface area (Å²) in [6, 6.07) is 85.0. The van der Waals surface area contributed by atoms with Crippen molar-refractivity contribution in [3.8, 4) is 50.2 Å². The first-order valence-electron chi connectivity index (χ1n) is 22.8. The third-order valence-corrected chi connectivity index (χ3v) is 15.1. The molecule has 66 heavy (non-hydrogen) atoms. The van der Waals surface area contributed by atoms with Crippen molar-refractivity contribution in [2.75, 3.05) is 4.90 Å². The topological polar surface area (TPSA) is 8.17 Å². The molecule has 2 heterocycles. The molecule has 0 saturated heterocycles. The van der Waals surface area contributed by atoms with E-state index in [0.29, 0.717) is 0 Å². The predicted octanol–water partition coefficient (Wildman–Crippen LogP) is 17.9. The van der Waals surface area contributed by atoms with Gasteiger partial charge in [0, 0.05) is 59.1 Å². The normalized spacial score (nSPS) is 12.8. The van der Waals surface area contributed by atoms with E-state index in [2.05, 4.69) is 254 Å². The zero-order valence-corrected chi connectivity index (χ0v) is 37.6. The fourth-order valence-corrected chi connectivity index (χ4v) is 11.7. The Morgan fingerprint density at radius 3 is 1.67 bits per heavy atom. The highest BCUT2D eigenvalue weighted by Gasteiger charge is 2.36. The number of aromatic nitrogens is 1. The lowest BCUT2D eigenvalue weighted by atomic mass is 9.82. The van der Waals surface area contributed by atoms with Gasteiger partial charge in [0.25, 0.3) is 0 Å². The van der Waals surface area contributed by atoms with E-state index < -0.39 is 0 Å². The standard InChI is InChI=1S/C63H44N2S/c1-63(2)57-22-11-9-20-51(57)53-39-55-54-37-45(28-34-59(54)65(60(55)40-58(53)63)47-17-7-4-8-18-47)42-24-30-48(31-25-42)64(50-19-13-16-44(36-50)41-14-5-3-6-15-41)49-32-26-43(27-33-49)46-29-35-62-56(38-46)52-21-10-12-23-61(52)66-62/h3-40H,1-2H3. The number of hydrogen-bond acceptors (Lipinski definition) is 2. The highest BCUT2D eigenvalue weighted by Crippen LogP contribution is 2.51. The minimum Gasteiger partial charge on any atom is -0.310 e. The van der Waals surface area contributed by atoms with Crippen LogP contribution in [0.1, 0.15) is 25.0 Å². The fourth-order valence-electron chi connectivity index (χ4n) is 10.7. The van der Waals surface area contributed by atoms with Crippen molar-refractivity contribution in [2.24, 2.45) is 0 Å². The van der Waals surface area contributed by atoms with Crippen LogP contribution in [0.5, 0.6) is 0 Å². The van der Waals surface area contributed by atoms with E-state index in [1.807, 2.05) is 11.3 Å². The molecule has 0 amide bonds. The van der Waals surface area contributed by atoms with Crippen LogP contribution in [0, 0.1) is 0 Å². The monoisotopic (exact) mass is 860 g/mol. The Balaban J connectivity index is 0.912. The molecular weight excluding hydrogens is 817 g/mol. The summed E-state index contributed by atoms with van der Waals surface area (Å²) in [6.45, 7) is 4.73. The maximum atomic E-state index is 2.46. The molecule has 2 aromatic heterocycles. The first-order chi connectivity index (χ1) is 32.5. The second-order valence-electron chi connectivity index (χ2n) is 18.1. The van der Waals surface area contributed by atoms with Crippen LogP contribution in [0.2, 0.25) is 0 Å². The van der Waals surface area contributed by atoms with Crippen LogP contribution in [0.25, 0.3) is 92.2 Å². The van der Waals surface area contributed by atoms with E-state index in [9.17, 15) is 0 Å². The van der Waals surface area contributed by atoms with Gasteiger partial charge in [0.15, 0.2) is 0 Å². The number of para-hydroxylation sites is 1. The van der Waals surface area contributed by atoms with Crippen LogP contribution < -0.4 is 4.90 Å². The highest BCUT2D eigenvalue weighted by atomic mass is 32.1. The molecule has 2 nitrogen and oxygen atoms in total. The molecular formula is C63H44N2S. The molecule has 312 valence electrons. The Morgan fingerprint density at radius 2 is 0.909 bits per heavy atom. The molecule has 0 aliphatic heterocycles. The molecule has 0 fully saturated rings. The van der Waals surface area contributed by atoms with Crippen LogP contribution in [0.4, 0.5) is 17.1 Å². The van der Waals surface area contributed by atoms with Crippen molar-refractivity contribution in [1.82, 2.24) is 4.57 Å². The summed E-state index contributed by atoms with van der Waals surface area (Å²) in [7, 11) is 0. The van der Waals surface area contributed by atoms with Gasteiger partial charge < -0.3 is 9.47 Å². The second-order valence-corrected chi connectivity index (χ2v) is 19.2. The minimum atomic E-state index is -0.0848. The molecule has 0 radical (unpaired) electrons. The Labute approximate surface area is 388 Å². The second kappa shape index (κ2) is 15.1. The molecule has 1 aliphatic carbocycles. The number of fused-ring (bicyclic) bond motifs is 9. The van der Waals surface area contributed by atoms with Crippen molar-refractivity contribution in [3.63, 3.8) is 0 Å². The summed E-state index contributed by atoms with van der Waals surface area (Å²) < 4.78 is 5.10. The van der Waals surface area contributed by atoms with Gasteiger partial charge >= 0.3 is 0 Å². The zero-order chi connectivity index (χ0) is 43.9. The molecule has 1 aliphatic rings. The molecule has 0 saturated carbocycles. The summed E-state index contributed by atoms with van der Waals surface area (Å²) >= 11 is 1.86. The molecule has 0 N–H and O–H groups in total. The predicted molar refractivity (Wildman–Crippen MR) is 282 cm³/mol. The summed E-state index contributed by atoms with van der Waals surface area (Å²) in [5, 5.41) is 5.17. The molecule has 0 atom stereocenters. The van der Waals surface area contributed by atoms with Crippen LogP contribution in [0.15, 0.2) is 231 Å². The van der Waals surface area contributed by atoms with Gasteiger partial charge in [-0.15, -0.1) is 11.3 Å². The van der Waals surface area contributed by atoms with Crippen LogP contribution in [-0.2, 0) is 5.41 Å². The molecule has 12 aromatic rings. The third-order valence-electron chi connectivity index (χ3n) is 14.0. The van der Waals surface area contributed by atoms with Crippen LogP contribution >= 0.6 is 11.3 Å². The van der Waals surface area contributed by atoms with E-state index in [1.165, 1.54) is 103 Å². The average molecular weight is 861 g/mol. The fraction of sp³-hybridized carbons (Fsp3) is 0.0476. The van der Waals surface area contributed by atoms with Crippen molar-refractivity contribution >= 4 is 70.4 Å². The molecule has 3 heteroatoms. The maximum Gasteiger partial charge on any atom is 0.0544 e. The lowest BCUT2D eigenvalue weighted by Gasteiger charge is -2.26. The minimum absolute atomic E-state index is 0.0848. The number of anilines is 3. The van der Waals surface area contributed by atoms with E-state index in [0.717, 1.165) is 17.1 Å². The lowest BCUT2D eigenvalue weighted by Crippen LogP contribution is -2.14. The smallest absolute Gasteiger partial charge is 0.0544 e. The van der Waals surface area contributed by atoms with Crippen molar-refractivity contribution in [2.45, 2.75) is 19.3 Å². The lowest BCUT2D eigenvalue weighted by molar-refractivity contribution is 0.661.